The molecule has 3 heterocycles. The van der Waals surface area contributed by atoms with Crippen molar-refractivity contribution in [1.29, 1.82) is 0 Å². The van der Waals surface area contributed by atoms with Crippen LogP contribution in [0.1, 0.15) is 77.2 Å². The summed E-state index contributed by atoms with van der Waals surface area (Å²) in [6.45, 7) is 6.05. The zero-order valence-corrected chi connectivity index (χ0v) is 29.2. The maximum atomic E-state index is 14.2. The Balaban J connectivity index is 1.29. The van der Waals surface area contributed by atoms with Crippen molar-refractivity contribution in [3.63, 3.8) is 0 Å². The van der Waals surface area contributed by atoms with Gasteiger partial charge < -0.3 is 30.2 Å². The second-order valence-corrected chi connectivity index (χ2v) is 16.1. The molecule has 4 aliphatic rings. The minimum Gasteiger partial charge on any atom is -0.496 e. The van der Waals surface area contributed by atoms with E-state index < -0.39 is 33.7 Å². The summed E-state index contributed by atoms with van der Waals surface area (Å²) in [5.74, 6) is 1.00. The van der Waals surface area contributed by atoms with Crippen molar-refractivity contribution in [2.75, 3.05) is 20.2 Å². The molecule has 5 unspecified atom stereocenters. The summed E-state index contributed by atoms with van der Waals surface area (Å²) in [6, 6.07) is 3.93. The van der Waals surface area contributed by atoms with Gasteiger partial charge >= 0.3 is 0 Å². The Morgan fingerprint density at radius 2 is 1.94 bits per heavy atom. The van der Waals surface area contributed by atoms with Gasteiger partial charge in [0, 0.05) is 35.9 Å². The van der Waals surface area contributed by atoms with Gasteiger partial charge in [-0.3, -0.25) is 9.59 Å². The number of nitrogens with two attached hydrogens (primary N) is 1. The Morgan fingerprint density at radius 1 is 1.15 bits per heavy atom. The van der Waals surface area contributed by atoms with Crippen LogP contribution in [0.5, 0.6) is 17.4 Å². The average molecular weight is 684 g/mol. The number of aromatic nitrogens is 1. The molecule has 2 aliphatic carbocycles. The van der Waals surface area contributed by atoms with E-state index in [4.69, 9.17) is 24.9 Å². The lowest BCUT2D eigenvalue weighted by Crippen LogP contribution is -2.55. The van der Waals surface area contributed by atoms with Crippen LogP contribution in [-0.4, -0.2) is 85.4 Å². The van der Waals surface area contributed by atoms with Crippen LogP contribution < -0.4 is 30.0 Å². The molecule has 0 radical (unpaired) electrons. The highest BCUT2D eigenvalue weighted by Gasteiger charge is 2.56. The van der Waals surface area contributed by atoms with Crippen molar-refractivity contribution in [2.24, 2.45) is 11.7 Å². The van der Waals surface area contributed by atoms with Crippen LogP contribution in [0, 0.1) is 12.8 Å². The highest BCUT2D eigenvalue weighted by atomic mass is 32.2. The number of hydrogen-bond donors (Lipinski definition) is 3. The van der Waals surface area contributed by atoms with Crippen LogP contribution in [0.4, 0.5) is 0 Å². The summed E-state index contributed by atoms with van der Waals surface area (Å²) in [5.41, 5.74) is 7.20. The number of fused-ring (bicyclic) bond motifs is 3. The zero-order chi connectivity index (χ0) is 34.2. The van der Waals surface area contributed by atoms with Crippen LogP contribution in [0.15, 0.2) is 30.4 Å². The number of methoxy groups -OCH3 is 1. The lowest BCUT2D eigenvalue weighted by Gasteiger charge is -2.28. The molecule has 2 aromatic rings. The molecule has 1 aromatic heterocycles. The minimum absolute atomic E-state index is 0.00358. The largest absolute Gasteiger partial charge is 0.496 e. The Labute approximate surface area is 283 Å². The number of nitrogens with one attached hydrogen (secondary N) is 2. The van der Waals surface area contributed by atoms with Crippen LogP contribution in [0.3, 0.4) is 0 Å². The van der Waals surface area contributed by atoms with Gasteiger partial charge in [-0.25, -0.2) is 18.1 Å². The molecule has 1 saturated heterocycles. The summed E-state index contributed by atoms with van der Waals surface area (Å²) >= 11 is 0. The molecule has 2 aliphatic heterocycles. The number of pyridine rings is 1. The first kappa shape index (κ1) is 34.4. The highest BCUT2D eigenvalue weighted by molar-refractivity contribution is 7.90. The Bertz CT molecular complexity index is 1680. The molecule has 0 bridgehead atoms. The van der Waals surface area contributed by atoms with E-state index in [1.807, 2.05) is 32.9 Å². The fourth-order valence-electron chi connectivity index (χ4n) is 6.96. The van der Waals surface area contributed by atoms with Crippen LogP contribution in [0.25, 0.3) is 10.9 Å². The van der Waals surface area contributed by atoms with E-state index >= 15 is 0 Å². The Morgan fingerprint density at radius 3 is 2.67 bits per heavy atom. The van der Waals surface area contributed by atoms with Crippen molar-refractivity contribution in [3.05, 3.63) is 35.9 Å². The van der Waals surface area contributed by atoms with Crippen molar-refractivity contribution in [3.8, 4) is 17.4 Å². The van der Waals surface area contributed by atoms with Crippen LogP contribution in [-0.2, 0) is 19.6 Å². The lowest BCUT2D eigenvalue weighted by atomic mass is 10.1. The molecule has 3 fully saturated rings. The Kier molecular flexibility index (Phi) is 9.93. The molecule has 12 nitrogen and oxygen atoms in total. The van der Waals surface area contributed by atoms with Gasteiger partial charge in [-0.15, -0.1) is 0 Å². The molecule has 5 atom stereocenters. The highest BCUT2D eigenvalue weighted by Crippen LogP contribution is 2.45. The van der Waals surface area contributed by atoms with Gasteiger partial charge in [-0.1, -0.05) is 25.0 Å². The first-order valence-electron chi connectivity index (χ1n) is 17.3. The minimum atomic E-state index is -3.44. The molecule has 2 saturated carbocycles. The SMILES string of the molecule is COc1ccc2c(OC3CC4C(=O)NC5(CNS(=O)(=O)C6CC6)CC5C=CCCCCCC(N)C(=O)N4C3)cc(OC(C)C)nc2c1C. The van der Waals surface area contributed by atoms with E-state index in [0.29, 0.717) is 48.6 Å². The van der Waals surface area contributed by atoms with Gasteiger partial charge in [0.05, 0.1) is 42.1 Å². The number of carbonyl (C=O) groups is 2. The number of rotatable bonds is 9. The third-order valence-electron chi connectivity index (χ3n) is 9.97. The quantitative estimate of drug-likeness (QED) is 0.336. The van der Waals surface area contributed by atoms with E-state index in [-0.39, 0.29) is 48.6 Å². The third-order valence-corrected chi connectivity index (χ3v) is 11.9. The predicted molar refractivity (Wildman–Crippen MR) is 182 cm³/mol. The number of amides is 2. The summed E-state index contributed by atoms with van der Waals surface area (Å²) < 4.78 is 46.4. The van der Waals surface area contributed by atoms with Gasteiger partial charge in [0.1, 0.15) is 23.6 Å². The van der Waals surface area contributed by atoms with E-state index in [0.717, 1.165) is 36.6 Å². The molecule has 6 rings (SSSR count). The van der Waals surface area contributed by atoms with E-state index in [1.165, 1.54) is 0 Å². The van der Waals surface area contributed by atoms with Crippen molar-refractivity contribution >= 4 is 32.7 Å². The normalized spacial score (nSPS) is 28.3. The fraction of sp³-hybridized carbons (Fsp3) is 0.629. The predicted octanol–water partition coefficient (Wildman–Crippen LogP) is 3.49. The zero-order valence-electron chi connectivity index (χ0n) is 28.4. The number of hydrogen-bond acceptors (Lipinski definition) is 9. The van der Waals surface area contributed by atoms with Crippen molar-refractivity contribution in [1.82, 2.24) is 19.9 Å². The molecule has 13 heteroatoms. The first-order chi connectivity index (χ1) is 22.9. The van der Waals surface area contributed by atoms with Gasteiger partial charge in [-0.2, -0.15) is 0 Å². The van der Waals surface area contributed by atoms with Gasteiger partial charge in [0.2, 0.25) is 27.7 Å². The number of carbonyl (C=O) groups excluding carboxylic acids is 2. The van der Waals surface area contributed by atoms with Gasteiger partial charge in [-0.05, 0) is 71.4 Å². The Hall–Kier alpha value is -3.42. The molecular weight excluding hydrogens is 634 g/mol. The molecule has 0 spiro atoms. The summed E-state index contributed by atoms with van der Waals surface area (Å²) in [6.07, 6.45) is 9.88. The van der Waals surface area contributed by atoms with Crippen LogP contribution in [0.2, 0.25) is 0 Å². The molecule has 48 heavy (non-hydrogen) atoms. The second kappa shape index (κ2) is 13.8. The van der Waals surface area contributed by atoms with Crippen LogP contribution >= 0.6 is 0 Å². The number of allylic oxidation sites excluding steroid dienone is 1. The number of sulfonamides is 1. The fourth-order valence-corrected chi connectivity index (χ4v) is 8.41. The molecule has 262 valence electrons. The molecule has 2 amide bonds. The molecule has 1 aromatic carbocycles. The first-order valence-corrected chi connectivity index (χ1v) is 18.8. The average Bonchev–Trinajstić information content (AvgIpc) is 3.96. The van der Waals surface area contributed by atoms with Gasteiger partial charge in [0.25, 0.3) is 0 Å². The topological polar surface area (TPSA) is 162 Å². The lowest BCUT2D eigenvalue weighted by molar-refractivity contribution is -0.140. The van der Waals surface area contributed by atoms with E-state index in [1.54, 1.807) is 18.1 Å². The summed E-state index contributed by atoms with van der Waals surface area (Å²) in [5, 5.41) is 3.59. The second-order valence-electron chi connectivity index (χ2n) is 14.1. The van der Waals surface area contributed by atoms with Gasteiger partial charge in [0.15, 0.2) is 0 Å². The van der Waals surface area contributed by atoms with E-state index in [2.05, 4.69) is 22.2 Å². The monoisotopic (exact) mass is 683 g/mol. The maximum Gasteiger partial charge on any atom is 0.243 e. The maximum absolute atomic E-state index is 14.2. The molecular formula is C35H49N5O7S. The molecule has 4 N–H and O–H groups in total. The van der Waals surface area contributed by atoms with E-state index in [9.17, 15) is 18.0 Å². The van der Waals surface area contributed by atoms with Crippen molar-refractivity contribution < 1.29 is 32.2 Å². The number of benzene rings is 1. The number of ether oxygens (including phenoxy) is 3. The number of aryl methyl sites for hydroxylation is 1. The standard InChI is InChI=1S/C35H49N5O7S/c1-21(2)46-31-17-30(26-14-15-29(45-4)22(3)32(26)38-31)47-24-16-28-33(41)39-35(20-37-48(43,44)25-12-13-25)18-23(35)10-8-6-5-7-9-11-27(36)34(42)40(28)19-24/h8,10,14-15,17,21,23-25,27-28,37H,5-7,9,11-13,16,18-20,36H2,1-4H3,(H,39,41). The number of nitrogens with zero attached hydrogens (tertiary/aromatic N) is 2. The summed E-state index contributed by atoms with van der Waals surface area (Å²) in [4.78, 5) is 34.3. The smallest absolute Gasteiger partial charge is 0.243 e. The van der Waals surface area contributed by atoms with Crippen molar-refractivity contribution in [2.45, 2.75) is 114 Å². The third kappa shape index (κ3) is 7.42. The summed E-state index contributed by atoms with van der Waals surface area (Å²) in [7, 11) is -1.84.